The highest BCUT2D eigenvalue weighted by atomic mass is 16.2. The normalized spacial score (nSPS) is 25.8. The molecule has 2 amide bonds. The van der Waals surface area contributed by atoms with Gasteiger partial charge in [0.05, 0.1) is 0 Å². The molecule has 2 heterocycles. The zero-order valence-electron chi connectivity index (χ0n) is 11.6. The van der Waals surface area contributed by atoms with E-state index in [0.29, 0.717) is 12.0 Å². The third-order valence-electron chi connectivity index (χ3n) is 3.71. The van der Waals surface area contributed by atoms with Crippen LogP contribution in [0.1, 0.15) is 20.3 Å². The van der Waals surface area contributed by atoms with Crippen molar-refractivity contribution < 1.29 is 4.79 Å². The number of hydrogen-bond acceptors (Lipinski definition) is 3. The fourth-order valence-electron chi connectivity index (χ4n) is 2.75. The van der Waals surface area contributed by atoms with Crippen LogP contribution in [-0.2, 0) is 0 Å². The van der Waals surface area contributed by atoms with Crippen molar-refractivity contribution in [3.63, 3.8) is 0 Å². The van der Waals surface area contributed by atoms with Gasteiger partial charge in [-0.15, -0.1) is 0 Å². The zero-order chi connectivity index (χ0) is 13.0. The standard InChI is InChI=1S/C13H26N4O/c1-11(2)9-12-10-17(13(18)15-12)8-7-16-5-3-14-4-6-16/h11-12,14H,3-10H2,1-2H3,(H,15,18). The molecule has 2 saturated heterocycles. The van der Waals surface area contributed by atoms with E-state index >= 15 is 0 Å². The lowest BCUT2D eigenvalue weighted by Crippen LogP contribution is -2.46. The van der Waals surface area contributed by atoms with Crippen molar-refractivity contribution in [1.29, 1.82) is 0 Å². The second-order valence-electron chi connectivity index (χ2n) is 5.81. The highest BCUT2D eigenvalue weighted by molar-refractivity contribution is 5.76. The SMILES string of the molecule is CC(C)CC1CN(CCN2CCNCC2)C(=O)N1. The molecule has 2 rings (SSSR count). The second kappa shape index (κ2) is 6.38. The number of nitrogens with zero attached hydrogens (tertiary/aromatic N) is 2. The van der Waals surface area contributed by atoms with Gasteiger partial charge < -0.3 is 15.5 Å². The molecular weight excluding hydrogens is 228 g/mol. The minimum atomic E-state index is 0.121. The number of carbonyl (C=O) groups is 1. The summed E-state index contributed by atoms with van der Waals surface area (Å²) in [6.07, 6.45) is 1.08. The van der Waals surface area contributed by atoms with E-state index in [2.05, 4.69) is 29.4 Å². The summed E-state index contributed by atoms with van der Waals surface area (Å²) in [5.41, 5.74) is 0. The van der Waals surface area contributed by atoms with Gasteiger partial charge in [0.1, 0.15) is 0 Å². The summed E-state index contributed by atoms with van der Waals surface area (Å²) in [7, 11) is 0. The van der Waals surface area contributed by atoms with Gasteiger partial charge in [-0.05, 0) is 12.3 Å². The van der Waals surface area contributed by atoms with E-state index in [1.165, 1.54) is 0 Å². The van der Waals surface area contributed by atoms with Crippen LogP contribution >= 0.6 is 0 Å². The molecule has 0 saturated carbocycles. The molecule has 0 aromatic rings. The molecule has 0 aromatic carbocycles. The Balaban J connectivity index is 1.71. The van der Waals surface area contributed by atoms with E-state index in [9.17, 15) is 4.79 Å². The summed E-state index contributed by atoms with van der Waals surface area (Å²) in [6, 6.07) is 0.469. The molecule has 5 nitrogen and oxygen atoms in total. The maximum absolute atomic E-state index is 11.8. The van der Waals surface area contributed by atoms with Crippen molar-refractivity contribution in [1.82, 2.24) is 20.4 Å². The Hall–Kier alpha value is -0.810. The first-order valence-corrected chi connectivity index (χ1v) is 7.13. The third kappa shape index (κ3) is 3.85. The second-order valence-corrected chi connectivity index (χ2v) is 5.81. The van der Waals surface area contributed by atoms with Crippen LogP contribution in [0.25, 0.3) is 0 Å². The van der Waals surface area contributed by atoms with Gasteiger partial charge in [-0.2, -0.15) is 0 Å². The predicted molar refractivity (Wildman–Crippen MR) is 72.7 cm³/mol. The van der Waals surface area contributed by atoms with Crippen molar-refractivity contribution in [2.45, 2.75) is 26.3 Å². The molecule has 0 aliphatic carbocycles. The number of urea groups is 1. The first-order valence-electron chi connectivity index (χ1n) is 7.13. The molecule has 2 fully saturated rings. The Labute approximate surface area is 110 Å². The first kappa shape index (κ1) is 13.6. The summed E-state index contributed by atoms with van der Waals surface area (Å²) >= 11 is 0. The highest BCUT2D eigenvalue weighted by Crippen LogP contribution is 2.12. The van der Waals surface area contributed by atoms with E-state index in [4.69, 9.17) is 0 Å². The van der Waals surface area contributed by atoms with Crippen LogP contribution in [0, 0.1) is 5.92 Å². The zero-order valence-corrected chi connectivity index (χ0v) is 11.6. The summed E-state index contributed by atoms with van der Waals surface area (Å²) < 4.78 is 0. The van der Waals surface area contributed by atoms with E-state index in [-0.39, 0.29) is 6.03 Å². The number of hydrogen-bond donors (Lipinski definition) is 2. The van der Waals surface area contributed by atoms with Crippen LogP contribution in [0.2, 0.25) is 0 Å². The average molecular weight is 254 g/mol. The minimum Gasteiger partial charge on any atom is -0.333 e. The van der Waals surface area contributed by atoms with Crippen molar-refractivity contribution in [2.75, 3.05) is 45.8 Å². The van der Waals surface area contributed by atoms with Gasteiger partial charge in [-0.3, -0.25) is 4.90 Å². The van der Waals surface area contributed by atoms with Gasteiger partial charge in [0.25, 0.3) is 0 Å². The smallest absolute Gasteiger partial charge is 0.317 e. The van der Waals surface area contributed by atoms with Crippen molar-refractivity contribution in [3.8, 4) is 0 Å². The molecular formula is C13H26N4O. The van der Waals surface area contributed by atoms with Crippen LogP contribution in [0.4, 0.5) is 4.79 Å². The molecule has 2 aliphatic rings. The average Bonchev–Trinajstić information content (AvgIpc) is 2.67. The van der Waals surface area contributed by atoms with Gasteiger partial charge in [0.2, 0.25) is 0 Å². The molecule has 1 atom stereocenters. The largest absolute Gasteiger partial charge is 0.333 e. The fraction of sp³-hybridized carbons (Fsp3) is 0.923. The molecule has 2 aliphatic heterocycles. The molecule has 104 valence electrons. The number of rotatable bonds is 5. The predicted octanol–water partition coefficient (Wildman–Crippen LogP) is 0.332. The van der Waals surface area contributed by atoms with Gasteiger partial charge in [0, 0.05) is 51.9 Å². The number of carbonyl (C=O) groups excluding carboxylic acids is 1. The molecule has 0 aromatic heterocycles. The van der Waals surface area contributed by atoms with E-state index < -0.39 is 0 Å². The third-order valence-corrected chi connectivity index (χ3v) is 3.71. The Morgan fingerprint density at radius 2 is 2.00 bits per heavy atom. The molecule has 1 unspecified atom stereocenters. The van der Waals surface area contributed by atoms with Crippen LogP contribution in [0.5, 0.6) is 0 Å². The first-order chi connectivity index (χ1) is 8.65. The quantitative estimate of drug-likeness (QED) is 0.743. The molecule has 0 radical (unpaired) electrons. The molecule has 0 spiro atoms. The van der Waals surface area contributed by atoms with Crippen LogP contribution in [0.15, 0.2) is 0 Å². The summed E-state index contributed by atoms with van der Waals surface area (Å²) in [5.74, 6) is 0.642. The van der Waals surface area contributed by atoms with Gasteiger partial charge in [-0.25, -0.2) is 4.79 Å². The van der Waals surface area contributed by atoms with Crippen LogP contribution < -0.4 is 10.6 Å². The Bertz CT molecular complexity index is 276. The topological polar surface area (TPSA) is 47.6 Å². The highest BCUT2D eigenvalue weighted by Gasteiger charge is 2.28. The Morgan fingerprint density at radius 1 is 1.28 bits per heavy atom. The minimum absolute atomic E-state index is 0.121. The van der Waals surface area contributed by atoms with Crippen molar-refractivity contribution in [3.05, 3.63) is 0 Å². The van der Waals surface area contributed by atoms with Crippen LogP contribution in [0.3, 0.4) is 0 Å². The monoisotopic (exact) mass is 254 g/mol. The summed E-state index contributed by atoms with van der Waals surface area (Å²) in [4.78, 5) is 16.2. The summed E-state index contributed by atoms with van der Waals surface area (Å²) in [5, 5.41) is 6.42. The van der Waals surface area contributed by atoms with E-state index in [1.54, 1.807) is 0 Å². The summed E-state index contributed by atoms with van der Waals surface area (Å²) in [6.45, 7) is 11.5. The van der Waals surface area contributed by atoms with Gasteiger partial charge in [-0.1, -0.05) is 13.8 Å². The van der Waals surface area contributed by atoms with Gasteiger partial charge >= 0.3 is 6.03 Å². The Kier molecular flexibility index (Phi) is 4.83. The molecule has 18 heavy (non-hydrogen) atoms. The molecule has 5 heteroatoms. The van der Waals surface area contributed by atoms with Crippen molar-refractivity contribution in [2.24, 2.45) is 5.92 Å². The maximum Gasteiger partial charge on any atom is 0.317 e. The number of nitrogens with one attached hydrogen (secondary N) is 2. The molecule has 0 bridgehead atoms. The van der Waals surface area contributed by atoms with Crippen LogP contribution in [-0.4, -0.2) is 67.7 Å². The Morgan fingerprint density at radius 3 is 2.67 bits per heavy atom. The van der Waals surface area contributed by atoms with Crippen molar-refractivity contribution >= 4 is 6.03 Å². The lowest BCUT2D eigenvalue weighted by Gasteiger charge is -2.28. The number of piperazine rings is 1. The maximum atomic E-state index is 11.8. The van der Waals surface area contributed by atoms with E-state index in [1.807, 2.05) is 4.90 Å². The number of amides is 2. The molecule has 2 N–H and O–H groups in total. The van der Waals surface area contributed by atoms with E-state index in [0.717, 1.165) is 52.2 Å². The fourth-order valence-corrected chi connectivity index (χ4v) is 2.75. The lowest BCUT2D eigenvalue weighted by molar-refractivity contribution is 0.192. The van der Waals surface area contributed by atoms with Gasteiger partial charge in [0.15, 0.2) is 0 Å². The lowest BCUT2D eigenvalue weighted by atomic mass is 10.0.